The van der Waals surface area contributed by atoms with Gasteiger partial charge in [0.2, 0.25) is 0 Å². The van der Waals surface area contributed by atoms with Crippen molar-refractivity contribution in [3.8, 4) is 11.8 Å². The van der Waals surface area contributed by atoms with Gasteiger partial charge in [0.05, 0.1) is 6.61 Å². The van der Waals surface area contributed by atoms with Gasteiger partial charge in [0.1, 0.15) is 17.4 Å². The Bertz CT molecular complexity index is 524. The Balaban J connectivity index is 2.77. The molecule has 1 aromatic rings. The summed E-state index contributed by atoms with van der Waals surface area (Å²) in [5.74, 6) is 0.373. The van der Waals surface area contributed by atoms with Gasteiger partial charge in [-0.3, -0.25) is 4.79 Å². The fourth-order valence-corrected chi connectivity index (χ4v) is 1.46. The van der Waals surface area contributed by atoms with Crippen molar-refractivity contribution in [2.24, 2.45) is 0 Å². The quantitative estimate of drug-likeness (QED) is 0.470. The highest BCUT2D eigenvalue weighted by atomic mass is 16.5. The zero-order valence-electron chi connectivity index (χ0n) is 11.6. The van der Waals surface area contributed by atoms with E-state index in [1.807, 2.05) is 37.3 Å². The Morgan fingerprint density at radius 1 is 1.45 bits per heavy atom. The summed E-state index contributed by atoms with van der Waals surface area (Å²) in [6.07, 6.45) is 4.05. The van der Waals surface area contributed by atoms with Crippen molar-refractivity contribution in [1.82, 2.24) is 5.32 Å². The molecule has 1 aromatic carbocycles. The molecule has 0 unspecified atom stereocenters. The monoisotopic (exact) mass is 270 g/mol. The van der Waals surface area contributed by atoms with Crippen molar-refractivity contribution in [1.29, 1.82) is 5.26 Å². The van der Waals surface area contributed by atoms with Gasteiger partial charge in [0.25, 0.3) is 5.91 Å². The van der Waals surface area contributed by atoms with Crippen molar-refractivity contribution >= 4 is 12.0 Å². The first kappa shape index (κ1) is 15.5. The molecular weight excluding hydrogens is 252 g/mol. The SMILES string of the molecule is C=CCNC(=O)/C(C#N)=C\c1ccc(OCCC)cc1. The second-order valence-electron chi connectivity index (χ2n) is 4.09. The number of benzene rings is 1. The number of hydrogen-bond donors (Lipinski definition) is 1. The van der Waals surface area contributed by atoms with E-state index in [4.69, 9.17) is 10.00 Å². The van der Waals surface area contributed by atoms with Crippen LogP contribution in [0.1, 0.15) is 18.9 Å². The van der Waals surface area contributed by atoms with Crippen LogP contribution in [-0.4, -0.2) is 19.1 Å². The third kappa shape index (κ3) is 4.99. The number of carbonyl (C=O) groups excluding carboxylic acids is 1. The van der Waals surface area contributed by atoms with Gasteiger partial charge < -0.3 is 10.1 Å². The zero-order valence-corrected chi connectivity index (χ0v) is 11.6. The van der Waals surface area contributed by atoms with Gasteiger partial charge in [0.15, 0.2) is 0 Å². The maximum absolute atomic E-state index is 11.7. The van der Waals surface area contributed by atoms with E-state index in [1.54, 1.807) is 12.2 Å². The lowest BCUT2D eigenvalue weighted by Gasteiger charge is -2.04. The van der Waals surface area contributed by atoms with Crippen LogP contribution < -0.4 is 10.1 Å². The highest BCUT2D eigenvalue weighted by Crippen LogP contribution is 2.14. The molecule has 4 heteroatoms. The summed E-state index contributed by atoms with van der Waals surface area (Å²) in [7, 11) is 0. The second-order valence-corrected chi connectivity index (χ2v) is 4.09. The van der Waals surface area contributed by atoms with Crippen LogP contribution in [0.2, 0.25) is 0 Å². The van der Waals surface area contributed by atoms with Gasteiger partial charge in [-0.2, -0.15) is 5.26 Å². The van der Waals surface area contributed by atoms with Crippen molar-refractivity contribution < 1.29 is 9.53 Å². The minimum Gasteiger partial charge on any atom is -0.494 e. The van der Waals surface area contributed by atoms with Gasteiger partial charge in [-0.05, 0) is 30.2 Å². The number of rotatable bonds is 7. The number of amides is 1. The minimum absolute atomic E-state index is 0.0640. The summed E-state index contributed by atoms with van der Waals surface area (Å²) in [6, 6.07) is 9.14. The second kappa shape index (κ2) is 8.54. The predicted molar refractivity (Wildman–Crippen MR) is 79.0 cm³/mol. The lowest BCUT2D eigenvalue weighted by atomic mass is 10.1. The minimum atomic E-state index is -0.404. The van der Waals surface area contributed by atoms with Crippen molar-refractivity contribution in [3.63, 3.8) is 0 Å². The van der Waals surface area contributed by atoms with Crippen molar-refractivity contribution in [2.75, 3.05) is 13.2 Å². The van der Waals surface area contributed by atoms with Gasteiger partial charge in [-0.25, -0.2) is 0 Å². The van der Waals surface area contributed by atoms with Crippen LogP contribution in [0.3, 0.4) is 0 Å². The van der Waals surface area contributed by atoms with Gasteiger partial charge in [0, 0.05) is 6.54 Å². The smallest absolute Gasteiger partial charge is 0.262 e. The molecule has 0 atom stereocenters. The predicted octanol–water partition coefficient (Wildman–Crippen LogP) is 2.68. The standard InChI is InChI=1S/C16H18N2O2/c1-3-9-18-16(19)14(12-17)11-13-5-7-15(8-6-13)20-10-4-2/h3,5-8,11H,1,4,9-10H2,2H3,(H,18,19)/b14-11-. The van der Waals surface area contributed by atoms with E-state index in [-0.39, 0.29) is 5.57 Å². The molecule has 1 rings (SSSR count). The lowest BCUT2D eigenvalue weighted by molar-refractivity contribution is -0.116. The summed E-state index contributed by atoms with van der Waals surface area (Å²) in [4.78, 5) is 11.7. The number of ether oxygens (including phenoxy) is 1. The van der Waals surface area contributed by atoms with E-state index < -0.39 is 5.91 Å². The fraction of sp³-hybridized carbons (Fsp3) is 0.250. The van der Waals surface area contributed by atoms with E-state index in [0.717, 1.165) is 17.7 Å². The maximum atomic E-state index is 11.7. The Hall–Kier alpha value is -2.54. The summed E-state index contributed by atoms with van der Waals surface area (Å²) >= 11 is 0. The van der Waals surface area contributed by atoms with Crippen LogP contribution in [0.25, 0.3) is 6.08 Å². The molecule has 0 fully saturated rings. The molecule has 104 valence electrons. The Morgan fingerprint density at radius 3 is 2.70 bits per heavy atom. The molecule has 0 saturated carbocycles. The Kier molecular flexibility index (Phi) is 6.63. The molecule has 0 aliphatic carbocycles. The van der Waals surface area contributed by atoms with Gasteiger partial charge in [-0.15, -0.1) is 6.58 Å². The normalized spacial score (nSPS) is 10.5. The topological polar surface area (TPSA) is 62.1 Å². The molecule has 0 aromatic heterocycles. The van der Waals surface area contributed by atoms with Gasteiger partial charge in [-0.1, -0.05) is 25.1 Å². The van der Waals surface area contributed by atoms with Gasteiger partial charge >= 0.3 is 0 Å². The summed E-state index contributed by atoms with van der Waals surface area (Å²) in [5, 5.41) is 11.6. The Labute approximate surface area is 119 Å². The van der Waals surface area contributed by atoms with Crippen LogP contribution in [0.4, 0.5) is 0 Å². The van der Waals surface area contributed by atoms with Crippen molar-refractivity contribution in [2.45, 2.75) is 13.3 Å². The molecule has 0 saturated heterocycles. The molecular formula is C16H18N2O2. The molecule has 4 nitrogen and oxygen atoms in total. The number of carbonyl (C=O) groups is 1. The number of nitrogens with zero attached hydrogens (tertiary/aromatic N) is 1. The van der Waals surface area contributed by atoms with Crippen LogP contribution in [0, 0.1) is 11.3 Å². The average Bonchev–Trinajstić information content (AvgIpc) is 2.49. The van der Waals surface area contributed by atoms with Crippen LogP contribution in [0.15, 0.2) is 42.5 Å². The molecule has 1 amide bonds. The number of nitrogens with one attached hydrogen (secondary N) is 1. The van der Waals surface area contributed by atoms with E-state index >= 15 is 0 Å². The van der Waals surface area contributed by atoms with E-state index in [1.165, 1.54) is 0 Å². The third-order valence-electron chi connectivity index (χ3n) is 2.44. The summed E-state index contributed by atoms with van der Waals surface area (Å²) < 4.78 is 5.47. The first-order valence-electron chi connectivity index (χ1n) is 6.45. The van der Waals surface area contributed by atoms with Crippen LogP contribution >= 0.6 is 0 Å². The fourth-order valence-electron chi connectivity index (χ4n) is 1.46. The van der Waals surface area contributed by atoms with E-state index in [2.05, 4.69) is 11.9 Å². The number of hydrogen-bond acceptors (Lipinski definition) is 3. The molecule has 0 aliphatic heterocycles. The van der Waals surface area contributed by atoms with Crippen LogP contribution in [0.5, 0.6) is 5.75 Å². The molecule has 20 heavy (non-hydrogen) atoms. The Morgan fingerprint density at radius 2 is 2.15 bits per heavy atom. The van der Waals surface area contributed by atoms with Crippen LogP contribution in [-0.2, 0) is 4.79 Å². The molecule has 0 spiro atoms. The number of nitriles is 1. The third-order valence-corrected chi connectivity index (χ3v) is 2.44. The summed E-state index contributed by atoms with van der Waals surface area (Å²) in [6.45, 7) is 6.55. The summed E-state index contributed by atoms with van der Waals surface area (Å²) in [5.41, 5.74) is 0.841. The molecule has 0 bridgehead atoms. The molecule has 0 heterocycles. The zero-order chi connectivity index (χ0) is 14.8. The first-order valence-corrected chi connectivity index (χ1v) is 6.45. The maximum Gasteiger partial charge on any atom is 0.262 e. The highest BCUT2D eigenvalue weighted by molar-refractivity contribution is 6.01. The molecule has 0 aliphatic rings. The van der Waals surface area contributed by atoms with Crippen molar-refractivity contribution in [3.05, 3.63) is 48.1 Å². The average molecular weight is 270 g/mol. The molecule has 0 radical (unpaired) electrons. The van der Waals surface area contributed by atoms with E-state index in [0.29, 0.717) is 13.2 Å². The lowest BCUT2D eigenvalue weighted by Crippen LogP contribution is -2.24. The first-order chi connectivity index (χ1) is 9.71. The largest absolute Gasteiger partial charge is 0.494 e. The molecule has 1 N–H and O–H groups in total. The highest BCUT2D eigenvalue weighted by Gasteiger charge is 2.07. The van der Waals surface area contributed by atoms with E-state index in [9.17, 15) is 4.79 Å².